The van der Waals surface area contributed by atoms with Crippen molar-refractivity contribution in [2.45, 2.75) is 58.5 Å². The van der Waals surface area contributed by atoms with Crippen molar-refractivity contribution in [1.29, 1.82) is 0 Å². The molecule has 4 rings (SSSR count). The number of anilines is 3. The predicted molar refractivity (Wildman–Crippen MR) is 170 cm³/mol. The Hall–Kier alpha value is -4.61. The van der Waals surface area contributed by atoms with Gasteiger partial charge in [-0.1, -0.05) is 18.2 Å². The van der Waals surface area contributed by atoms with Crippen molar-refractivity contribution in [3.63, 3.8) is 0 Å². The van der Waals surface area contributed by atoms with E-state index < -0.39 is 18.0 Å². The van der Waals surface area contributed by atoms with Gasteiger partial charge < -0.3 is 40.7 Å². The Balaban J connectivity index is 1.44. The molecule has 0 saturated carbocycles. The molecule has 0 fully saturated rings. The van der Waals surface area contributed by atoms with Crippen molar-refractivity contribution in [2.24, 2.45) is 0 Å². The normalized spacial score (nSPS) is 15.1. The zero-order valence-corrected chi connectivity index (χ0v) is 25.8. The van der Waals surface area contributed by atoms with Gasteiger partial charge in [-0.15, -0.1) is 0 Å². The van der Waals surface area contributed by atoms with Gasteiger partial charge in [-0.25, -0.2) is 0 Å². The maximum Gasteiger partial charge on any atom is 0.246 e. The van der Waals surface area contributed by atoms with Crippen LogP contribution in [0, 0.1) is 6.92 Å². The first kappa shape index (κ1) is 32.3. The van der Waals surface area contributed by atoms with Crippen molar-refractivity contribution in [3.05, 3.63) is 76.9 Å². The van der Waals surface area contributed by atoms with Crippen molar-refractivity contribution in [1.82, 2.24) is 10.6 Å². The predicted octanol–water partition coefficient (Wildman–Crippen LogP) is 3.13. The number of methoxy groups -OCH3 is 1. The van der Waals surface area contributed by atoms with E-state index in [1.165, 1.54) is 0 Å². The molecule has 234 valence electrons. The van der Waals surface area contributed by atoms with Gasteiger partial charge in [0.1, 0.15) is 12.6 Å². The Morgan fingerprint density at radius 2 is 1.80 bits per heavy atom. The van der Waals surface area contributed by atoms with Crippen molar-refractivity contribution in [3.8, 4) is 11.5 Å². The largest absolute Gasteiger partial charge is 0.493 e. The molecule has 11 heteroatoms. The molecule has 0 bridgehead atoms. The number of carbonyl (C=O) groups excluding carboxylic acids is 3. The minimum atomic E-state index is -0.768. The van der Waals surface area contributed by atoms with Gasteiger partial charge >= 0.3 is 0 Å². The standard InChI is InChI=1S/C33H41N5O6/c1-20-10-30(43-5)31(15-28(20)35-16-27-14-25-8-6-7-9-29(25)38(27)19-40)44-18-24-11-23(17-39)12-26(13-24)37-33(42)22(3)36-32(41)21(2)34-4/h6-13,15,19,21-22,27,34-35,39H,14,16-18H2,1-5H3,(H,36,41)(H,37,42)/t21-,22?,27?/m0/s1. The molecule has 3 aromatic rings. The maximum absolute atomic E-state index is 12.8. The Bertz CT molecular complexity index is 1500. The number of aliphatic hydroxyl groups excluding tert-OH is 1. The topological polar surface area (TPSA) is 141 Å². The highest BCUT2D eigenvalue weighted by Crippen LogP contribution is 2.35. The minimum Gasteiger partial charge on any atom is -0.493 e. The van der Waals surface area contributed by atoms with E-state index in [-0.39, 0.29) is 25.2 Å². The van der Waals surface area contributed by atoms with Crippen LogP contribution in [0.5, 0.6) is 11.5 Å². The summed E-state index contributed by atoms with van der Waals surface area (Å²) in [5.41, 5.74) is 5.67. The highest BCUT2D eigenvalue weighted by molar-refractivity contribution is 5.97. The number of likely N-dealkylation sites (N-methyl/N-ethyl adjacent to an activating group) is 1. The molecule has 3 aromatic carbocycles. The first-order valence-electron chi connectivity index (χ1n) is 14.6. The Labute approximate surface area is 257 Å². The van der Waals surface area contributed by atoms with Gasteiger partial charge in [-0.3, -0.25) is 14.4 Å². The molecule has 2 unspecified atom stereocenters. The molecule has 0 radical (unpaired) electrons. The second-order valence-corrected chi connectivity index (χ2v) is 10.9. The fourth-order valence-electron chi connectivity index (χ4n) is 5.11. The van der Waals surface area contributed by atoms with Crippen LogP contribution < -0.4 is 35.6 Å². The molecule has 1 aliphatic rings. The Morgan fingerprint density at radius 1 is 1.05 bits per heavy atom. The van der Waals surface area contributed by atoms with Gasteiger partial charge in [0.05, 0.1) is 25.8 Å². The fourth-order valence-corrected chi connectivity index (χ4v) is 5.11. The second-order valence-electron chi connectivity index (χ2n) is 10.9. The first-order chi connectivity index (χ1) is 21.2. The zero-order chi connectivity index (χ0) is 31.8. The number of carbonyl (C=O) groups is 3. The van der Waals surface area contributed by atoms with Crippen LogP contribution in [0.2, 0.25) is 0 Å². The molecule has 0 aromatic heterocycles. The van der Waals surface area contributed by atoms with Gasteiger partial charge in [0.25, 0.3) is 0 Å². The number of rotatable bonds is 14. The number of nitrogens with one attached hydrogen (secondary N) is 4. The summed E-state index contributed by atoms with van der Waals surface area (Å²) in [4.78, 5) is 38.6. The number of ether oxygens (including phenoxy) is 2. The maximum atomic E-state index is 12.8. The van der Waals surface area contributed by atoms with Crippen LogP contribution >= 0.6 is 0 Å². The number of aliphatic hydroxyl groups is 1. The van der Waals surface area contributed by atoms with Crippen LogP contribution in [0.4, 0.5) is 17.1 Å². The van der Waals surface area contributed by atoms with E-state index in [2.05, 4.69) is 21.3 Å². The summed E-state index contributed by atoms with van der Waals surface area (Å²) in [5, 5.41) is 21.6. The number of benzene rings is 3. The van der Waals surface area contributed by atoms with Crippen LogP contribution in [-0.4, -0.2) is 62.2 Å². The minimum absolute atomic E-state index is 0.0200. The van der Waals surface area contributed by atoms with Crippen molar-refractivity contribution < 1.29 is 29.0 Å². The quantitative estimate of drug-likeness (QED) is 0.177. The van der Waals surface area contributed by atoms with Crippen LogP contribution in [0.15, 0.2) is 54.6 Å². The number of hydrogen-bond acceptors (Lipinski definition) is 8. The zero-order valence-electron chi connectivity index (χ0n) is 25.8. The highest BCUT2D eigenvalue weighted by atomic mass is 16.5. The SMILES string of the molecule is CN[C@@H](C)C(=O)NC(C)C(=O)Nc1cc(CO)cc(COc2cc(NCC3Cc4ccccc4N3C=O)c(C)cc2OC)c1. The summed E-state index contributed by atoms with van der Waals surface area (Å²) in [7, 11) is 3.24. The molecular weight excluding hydrogens is 562 g/mol. The van der Waals surface area contributed by atoms with Crippen molar-refractivity contribution in [2.75, 3.05) is 36.2 Å². The summed E-state index contributed by atoms with van der Waals surface area (Å²) < 4.78 is 11.8. The molecule has 1 aliphatic heterocycles. The lowest BCUT2D eigenvalue weighted by molar-refractivity contribution is -0.127. The van der Waals surface area contributed by atoms with E-state index in [1.54, 1.807) is 51.1 Å². The molecule has 11 nitrogen and oxygen atoms in total. The number of amides is 3. The monoisotopic (exact) mass is 603 g/mol. The molecule has 5 N–H and O–H groups in total. The summed E-state index contributed by atoms with van der Waals surface area (Å²) in [6.07, 6.45) is 1.65. The lowest BCUT2D eigenvalue weighted by Gasteiger charge is -2.23. The molecule has 0 aliphatic carbocycles. The third kappa shape index (κ3) is 7.66. The number of nitrogens with zero attached hydrogens (tertiary/aromatic N) is 1. The average Bonchev–Trinajstić information content (AvgIpc) is 3.39. The number of hydrogen-bond donors (Lipinski definition) is 5. The third-order valence-electron chi connectivity index (χ3n) is 7.75. The summed E-state index contributed by atoms with van der Waals surface area (Å²) >= 11 is 0. The summed E-state index contributed by atoms with van der Waals surface area (Å²) in [5.74, 6) is 0.391. The van der Waals surface area contributed by atoms with E-state index in [0.29, 0.717) is 29.3 Å². The molecule has 0 saturated heterocycles. The third-order valence-corrected chi connectivity index (χ3v) is 7.75. The lowest BCUT2D eigenvalue weighted by Crippen LogP contribution is -2.48. The second kappa shape index (κ2) is 14.7. The van der Waals surface area contributed by atoms with E-state index in [0.717, 1.165) is 40.9 Å². The summed E-state index contributed by atoms with van der Waals surface area (Å²) in [6.45, 7) is 5.74. The molecule has 1 heterocycles. The van der Waals surface area contributed by atoms with Crippen LogP contribution in [-0.2, 0) is 34.0 Å². The van der Waals surface area contributed by atoms with Crippen LogP contribution in [0.1, 0.15) is 36.1 Å². The first-order valence-corrected chi connectivity index (χ1v) is 14.6. The molecule has 0 spiro atoms. The number of fused-ring (bicyclic) bond motifs is 1. The molecular formula is C33H41N5O6. The lowest BCUT2D eigenvalue weighted by atomic mass is 10.1. The summed E-state index contributed by atoms with van der Waals surface area (Å²) in [6, 6.07) is 15.7. The molecule has 3 amide bonds. The molecule has 3 atom stereocenters. The van der Waals surface area contributed by atoms with E-state index >= 15 is 0 Å². The van der Waals surface area contributed by atoms with Crippen molar-refractivity contribution >= 4 is 35.3 Å². The van der Waals surface area contributed by atoms with Gasteiger partial charge in [0, 0.05) is 29.7 Å². The van der Waals surface area contributed by atoms with E-state index in [1.807, 2.05) is 43.3 Å². The average molecular weight is 604 g/mol. The van der Waals surface area contributed by atoms with Crippen LogP contribution in [0.3, 0.4) is 0 Å². The van der Waals surface area contributed by atoms with Gasteiger partial charge in [0.2, 0.25) is 18.2 Å². The van der Waals surface area contributed by atoms with Crippen LogP contribution in [0.25, 0.3) is 0 Å². The molecule has 44 heavy (non-hydrogen) atoms. The smallest absolute Gasteiger partial charge is 0.246 e. The van der Waals surface area contributed by atoms with E-state index in [4.69, 9.17) is 9.47 Å². The Morgan fingerprint density at radius 3 is 2.50 bits per heavy atom. The fraction of sp³-hybridized carbons (Fsp3) is 0.364. The highest BCUT2D eigenvalue weighted by Gasteiger charge is 2.28. The van der Waals surface area contributed by atoms with Gasteiger partial charge in [-0.05, 0) is 86.8 Å². The number of aryl methyl sites for hydroxylation is 1. The van der Waals surface area contributed by atoms with Gasteiger partial charge in [-0.2, -0.15) is 0 Å². The van der Waals surface area contributed by atoms with Gasteiger partial charge in [0.15, 0.2) is 11.5 Å². The number of para-hydroxylation sites is 1. The van der Waals surface area contributed by atoms with E-state index in [9.17, 15) is 19.5 Å². The Kier molecular flexibility index (Phi) is 10.8.